The Hall–Kier alpha value is 0.170. The van der Waals surface area contributed by atoms with E-state index in [1.807, 2.05) is 0 Å². The van der Waals surface area contributed by atoms with E-state index >= 15 is 0 Å². The molecule has 0 N–H and O–H groups in total. The monoisotopic (exact) mass is 418 g/mol. The van der Waals surface area contributed by atoms with Gasteiger partial charge in [-0.3, -0.25) is 0 Å². The van der Waals surface area contributed by atoms with Gasteiger partial charge in [-0.25, -0.2) is 0 Å². The second-order valence-corrected chi connectivity index (χ2v) is 8.71. The molecule has 0 aromatic carbocycles. The molecule has 22 heavy (non-hydrogen) atoms. The maximum atomic E-state index is 6.50. The Labute approximate surface area is 152 Å². The predicted octanol–water partition coefficient (Wildman–Crippen LogP) is 6.57. The van der Waals surface area contributed by atoms with Gasteiger partial charge < -0.3 is 4.74 Å². The molecule has 0 aromatic rings. The number of ether oxygens (including phenoxy) is 1. The van der Waals surface area contributed by atoms with Crippen molar-refractivity contribution in [3.8, 4) is 0 Å². The van der Waals surface area contributed by atoms with E-state index in [1.54, 1.807) is 0 Å². The van der Waals surface area contributed by atoms with Crippen LogP contribution in [0.15, 0.2) is 23.3 Å². The summed E-state index contributed by atoms with van der Waals surface area (Å²) in [5, 5.41) is 0. The van der Waals surface area contributed by atoms with Crippen molar-refractivity contribution in [2.45, 2.75) is 79.4 Å². The Bertz CT molecular complexity index is 406. The second kappa shape index (κ2) is 8.86. The van der Waals surface area contributed by atoms with E-state index in [9.17, 15) is 0 Å². The fourth-order valence-electron chi connectivity index (χ4n) is 3.75. The minimum absolute atomic E-state index is 0.0150. The topological polar surface area (TPSA) is 9.23 Å². The molecule has 0 amide bonds. The van der Waals surface area contributed by atoms with Gasteiger partial charge in [-0.1, -0.05) is 66.7 Å². The minimum Gasteiger partial charge on any atom is -0.372 e. The molecule has 1 rings (SSSR count). The van der Waals surface area contributed by atoms with Crippen LogP contribution in [0.2, 0.25) is 0 Å². The molecular formula is C20H35IO. The first-order valence-electron chi connectivity index (χ1n) is 8.76. The van der Waals surface area contributed by atoms with Gasteiger partial charge >= 0.3 is 0 Å². The summed E-state index contributed by atoms with van der Waals surface area (Å²) in [4.78, 5) is 0. The molecule has 3 unspecified atom stereocenters. The molecule has 0 aromatic heterocycles. The maximum absolute atomic E-state index is 6.50. The first-order chi connectivity index (χ1) is 10.2. The third kappa shape index (κ3) is 5.67. The van der Waals surface area contributed by atoms with E-state index < -0.39 is 0 Å². The van der Waals surface area contributed by atoms with E-state index in [-0.39, 0.29) is 5.60 Å². The minimum atomic E-state index is 0.0150. The van der Waals surface area contributed by atoms with E-state index in [2.05, 4.69) is 83.2 Å². The Morgan fingerprint density at radius 3 is 2.36 bits per heavy atom. The molecule has 1 heterocycles. The Balaban J connectivity index is 2.61. The second-order valence-electron chi connectivity index (χ2n) is 7.83. The van der Waals surface area contributed by atoms with Crippen molar-refractivity contribution in [2.75, 3.05) is 4.43 Å². The van der Waals surface area contributed by atoms with Crippen LogP contribution in [0.25, 0.3) is 0 Å². The molecular weight excluding hydrogens is 383 g/mol. The van der Waals surface area contributed by atoms with E-state index in [4.69, 9.17) is 4.74 Å². The summed E-state index contributed by atoms with van der Waals surface area (Å²) < 4.78 is 7.59. The molecule has 0 saturated carbocycles. The molecule has 0 aliphatic carbocycles. The predicted molar refractivity (Wildman–Crippen MR) is 107 cm³/mol. The van der Waals surface area contributed by atoms with Gasteiger partial charge in [0.05, 0.1) is 11.7 Å². The van der Waals surface area contributed by atoms with E-state index in [0.717, 1.165) is 17.3 Å². The number of allylic oxidation sites excluding steroid dienone is 4. The summed E-state index contributed by atoms with van der Waals surface area (Å²) in [6, 6.07) is 0. The molecule has 1 aliphatic heterocycles. The van der Waals surface area contributed by atoms with Crippen LogP contribution in [0.4, 0.5) is 0 Å². The number of hydrogen-bond donors (Lipinski definition) is 0. The largest absolute Gasteiger partial charge is 0.372 e. The third-order valence-electron chi connectivity index (χ3n) is 5.32. The van der Waals surface area contributed by atoms with Crippen molar-refractivity contribution in [3.63, 3.8) is 0 Å². The molecule has 2 heteroatoms. The van der Waals surface area contributed by atoms with Crippen LogP contribution in [0.3, 0.4) is 0 Å². The highest BCUT2D eigenvalue weighted by atomic mass is 127. The lowest BCUT2D eigenvalue weighted by molar-refractivity contribution is -0.175. The average molecular weight is 418 g/mol. The smallest absolute Gasteiger partial charge is 0.0661 e. The van der Waals surface area contributed by atoms with Crippen LogP contribution in [0, 0.1) is 17.8 Å². The highest BCUT2D eigenvalue weighted by molar-refractivity contribution is 14.1. The van der Waals surface area contributed by atoms with Crippen molar-refractivity contribution in [3.05, 3.63) is 23.3 Å². The van der Waals surface area contributed by atoms with Crippen molar-refractivity contribution in [1.82, 2.24) is 0 Å². The molecule has 0 bridgehead atoms. The van der Waals surface area contributed by atoms with Crippen LogP contribution in [0.1, 0.15) is 67.7 Å². The number of hydrogen-bond acceptors (Lipinski definition) is 1. The lowest BCUT2D eigenvalue weighted by Gasteiger charge is -2.48. The molecule has 128 valence electrons. The Morgan fingerprint density at radius 1 is 1.23 bits per heavy atom. The molecule has 0 spiro atoms. The number of rotatable bonds is 6. The van der Waals surface area contributed by atoms with Gasteiger partial charge in [0.2, 0.25) is 0 Å². The van der Waals surface area contributed by atoms with Crippen molar-refractivity contribution < 1.29 is 4.74 Å². The zero-order valence-electron chi connectivity index (χ0n) is 15.6. The summed E-state index contributed by atoms with van der Waals surface area (Å²) in [7, 11) is 0. The highest BCUT2D eigenvalue weighted by Crippen LogP contribution is 2.42. The quantitative estimate of drug-likeness (QED) is 0.269. The maximum Gasteiger partial charge on any atom is 0.0661 e. The van der Waals surface area contributed by atoms with Crippen LogP contribution in [-0.2, 0) is 4.74 Å². The Morgan fingerprint density at radius 2 is 1.82 bits per heavy atom. The summed E-state index contributed by atoms with van der Waals surface area (Å²) in [5.41, 5.74) is 2.84. The first kappa shape index (κ1) is 20.2. The van der Waals surface area contributed by atoms with Crippen LogP contribution in [-0.4, -0.2) is 16.1 Å². The van der Waals surface area contributed by atoms with Gasteiger partial charge in [-0.15, -0.1) is 0 Å². The molecule has 1 aliphatic rings. The summed E-state index contributed by atoms with van der Waals surface area (Å²) in [6.07, 6.45) is 8.65. The van der Waals surface area contributed by atoms with Gasteiger partial charge in [0, 0.05) is 4.43 Å². The van der Waals surface area contributed by atoms with Gasteiger partial charge in [0.15, 0.2) is 0 Å². The van der Waals surface area contributed by atoms with Gasteiger partial charge in [-0.05, 0) is 64.7 Å². The Kier molecular flexibility index (Phi) is 8.15. The average Bonchev–Trinajstić information content (AvgIpc) is 2.41. The zero-order valence-corrected chi connectivity index (χ0v) is 17.7. The van der Waals surface area contributed by atoms with Crippen LogP contribution >= 0.6 is 22.6 Å². The SMILES string of the molecule is CC(=C\CI)/C(C)=C/CCC1OC(C)(C)C(C(C)C)CC1C. The molecule has 3 atom stereocenters. The molecule has 0 radical (unpaired) electrons. The fraction of sp³-hybridized carbons (Fsp3) is 0.800. The standard InChI is InChI=1S/C20H35IO/c1-14(2)18-13-17(5)19(22-20(18,6)7)10-8-9-15(3)16(4)11-12-21/h9,11,14,17-19H,8,10,12-13H2,1-7H3/b15-9+,16-11+. The normalized spacial score (nSPS) is 30.0. The van der Waals surface area contributed by atoms with Crippen LogP contribution in [0.5, 0.6) is 0 Å². The summed E-state index contributed by atoms with van der Waals surface area (Å²) in [5.74, 6) is 2.03. The van der Waals surface area contributed by atoms with Gasteiger partial charge in [-0.2, -0.15) is 0 Å². The van der Waals surface area contributed by atoms with Crippen LogP contribution < -0.4 is 0 Å². The zero-order chi connectivity index (χ0) is 16.9. The lowest BCUT2D eigenvalue weighted by Crippen LogP contribution is -2.48. The van der Waals surface area contributed by atoms with Crippen molar-refractivity contribution in [2.24, 2.45) is 17.8 Å². The number of alkyl halides is 1. The van der Waals surface area contributed by atoms with E-state index in [1.165, 1.54) is 17.6 Å². The van der Waals surface area contributed by atoms with Gasteiger partial charge in [0.1, 0.15) is 0 Å². The number of halogens is 1. The molecule has 1 fully saturated rings. The summed E-state index contributed by atoms with van der Waals surface area (Å²) >= 11 is 2.40. The fourth-order valence-corrected chi connectivity index (χ4v) is 4.41. The molecule has 1 nitrogen and oxygen atoms in total. The molecule has 1 saturated heterocycles. The lowest BCUT2D eigenvalue weighted by atomic mass is 9.72. The summed E-state index contributed by atoms with van der Waals surface area (Å²) in [6.45, 7) is 16.0. The van der Waals surface area contributed by atoms with Crippen molar-refractivity contribution >= 4 is 22.6 Å². The van der Waals surface area contributed by atoms with E-state index in [0.29, 0.717) is 23.9 Å². The van der Waals surface area contributed by atoms with Gasteiger partial charge in [0.25, 0.3) is 0 Å². The third-order valence-corrected chi connectivity index (χ3v) is 5.76. The first-order valence-corrected chi connectivity index (χ1v) is 10.3. The highest BCUT2D eigenvalue weighted by Gasteiger charge is 2.42. The van der Waals surface area contributed by atoms with Crippen molar-refractivity contribution in [1.29, 1.82) is 0 Å².